The summed E-state index contributed by atoms with van der Waals surface area (Å²) in [6.45, 7) is 0. The number of aryl methyl sites for hydroxylation is 1. The lowest BCUT2D eigenvalue weighted by Crippen LogP contribution is -1.97. The van der Waals surface area contributed by atoms with E-state index in [0.717, 1.165) is 31.3 Å². The molecule has 3 aromatic rings. The van der Waals surface area contributed by atoms with Gasteiger partial charge in [-0.15, -0.1) is 0 Å². The molecule has 0 aliphatic carbocycles. The van der Waals surface area contributed by atoms with Crippen LogP contribution in [0.4, 0.5) is 5.82 Å². The SMILES string of the molecule is Cn1nc(-c2ccccc2Br)c(-c2ccc(Br)cc2)c1N. The van der Waals surface area contributed by atoms with Crippen molar-refractivity contribution in [3.8, 4) is 22.4 Å². The van der Waals surface area contributed by atoms with Crippen molar-refractivity contribution < 1.29 is 0 Å². The van der Waals surface area contributed by atoms with Crippen LogP contribution >= 0.6 is 31.9 Å². The molecule has 106 valence electrons. The highest BCUT2D eigenvalue weighted by atomic mass is 79.9. The van der Waals surface area contributed by atoms with Gasteiger partial charge in [-0.3, -0.25) is 4.68 Å². The monoisotopic (exact) mass is 405 g/mol. The van der Waals surface area contributed by atoms with Crippen molar-refractivity contribution >= 4 is 37.7 Å². The predicted molar refractivity (Wildman–Crippen MR) is 93.9 cm³/mol. The van der Waals surface area contributed by atoms with Crippen LogP contribution in [-0.4, -0.2) is 9.78 Å². The maximum atomic E-state index is 6.23. The van der Waals surface area contributed by atoms with E-state index < -0.39 is 0 Å². The Bertz CT molecular complexity index is 792. The molecule has 3 nitrogen and oxygen atoms in total. The molecular formula is C16H13Br2N3. The van der Waals surface area contributed by atoms with Gasteiger partial charge < -0.3 is 5.73 Å². The van der Waals surface area contributed by atoms with Crippen LogP contribution in [0, 0.1) is 0 Å². The van der Waals surface area contributed by atoms with Crippen molar-refractivity contribution in [3.63, 3.8) is 0 Å². The second kappa shape index (κ2) is 5.66. The molecule has 0 bridgehead atoms. The third-order valence-corrected chi connectivity index (χ3v) is 4.57. The zero-order chi connectivity index (χ0) is 15.0. The fourth-order valence-electron chi connectivity index (χ4n) is 2.28. The normalized spacial score (nSPS) is 10.8. The molecule has 0 aliphatic heterocycles. The Kier molecular flexibility index (Phi) is 3.87. The lowest BCUT2D eigenvalue weighted by molar-refractivity contribution is 0.782. The summed E-state index contributed by atoms with van der Waals surface area (Å²) in [6, 6.07) is 16.1. The number of hydrogen-bond donors (Lipinski definition) is 1. The van der Waals surface area contributed by atoms with Gasteiger partial charge in [-0.05, 0) is 23.8 Å². The van der Waals surface area contributed by atoms with Gasteiger partial charge in [-0.2, -0.15) is 5.10 Å². The van der Waals surface area contributed by atoms with Crippen molar-refractivity contribution in [2.24, 2.45) is 7.05 Å². The molecule has 0 saturated heterocycles. The molecule has 3 rings (SSSR count). The minimum Gasteiger partial charge on any atom is -0.383 e. The lowest BCUT2D eigenvalue weighted by atomic mass is 10.0. The molecule has 21 heavy (non-hydrogen) atoms. The van der Waals surface area contributed by atoms with Gasteiger partial charge in [-0.1, -0.05) is 62.2 Å². The van der Waals surface area contributed by atoms with Gasteiger partial charge in [0.1, 0.15) is 11.5 Å². The van der Waals surface area contributed by atoms with Crippen LogP contribution in [0.25, 0.3) is 22.4 Å². The predicted octanol–water partition coefficient (Wildman–Crippen LogP) is 4.86. The average Bonchev–Trinajstić information content (AvgIpc) is 2.76. The number of anilines is 1. The molecular weight excluding hydrogens is 394 g/mol. The van der Waals surface area contributed by atoms with E-state index in [0.29, 0.717) is 5.82 Å². The Morgan fingerprint density at radius 2 is 1.67 bits per heavy atom. The van der Waals surface area contributed by atoms with Crippen LogP contribution in [0.2, 0.25) is 0 Å². The summed E-state index contributed by atoms with van der Waals surface area (Å²) in [4.78, 5) is 0. The highest BCUT2D eigenvalue weighted by molar-refractivity contribution is 9.10. The molecule has 5 heteroatoms. The summed E-state index contributed by atoms with van der Waals surface area (Å²) in [5, 5.41) is 4.59. The number of nitrogens with zero attached hydrogens (tertiary/aromatic N) is 2. The van der Waals surface area contributed by atoms with Crippen molar-refractivity contribution in [3.05, 3.63) is 57.5 Å². The van der Waals surface area contributed by atoms with E-state index in [9.17, 15) is 0 Å². The summed E-state index contributed by atoms with van der Waals surface area (Å²) in [5.41, 5.74) is 10.2. The van der Waals surface area contributed by atoms with Crippen LogP contribution in [0.3, 0.4) is 0 Å². The lowest BCUT2D eigenvalue weighted by Gasteiger charge is -2.06. The number of nitrogen functional groups attached to an aromatic ring is 1. The molecule has 0 spiro atoms. The van der Waals surface area contributed by atoms with Gasteiger partial charge in [0.15, 0.2) is 0 Å². The molecule has 0 saturated carbocycles. The van der Waals surface area contributed by atoms with E-state index in [-0.39, 0.29) is 0 Å². The summed E-state index contributed by atoms with van der Waals surface area (Å²) >= 11 is 7.04. The van der Waals surface area contributed by atoms with Crippen LogP contribution in [0.5, 0.6) is 0 Å². The minimum atomic E-state index is 0.656. The van der Waals surface area contributed by atoms with Crippen LogP contribution in [-0.2, 0) is 7.05 Å². The third-order valence-electron chi connectivity index (χ3n) is 3.35. The fourth-order valence-corrected chi connectivity index (χ4v) is 3.02. The maximum Gasteiger partial charge on any atom is 0.129 e. The van der Waals surface area contributed by atoms with Crippen LogP contribution < -0.4 is 5.73 Å². The Morgan fingerprint density at radius 3 is 2.33 bits per heavy atom. The molecule has 1 aromatic heterocycles. The number of aromatic nitrogens is 2. The van der Waals surface area contributed by atoms with Gasteiger partial charge in [-0.25, -0.2) is 0 Å². The highest BCUT2D eigenvalue weighted by Gasteiger charge is 2.18. The molecule has 0 aliphatic rings. The number of rotatable bonds is 2. The maximum absolute atomic E-state index is 6.23. The standard InChI is InChI=1S/C16H13Br2N3/c1-21-16(19)14(10-6-8-11(17)9-7-10)15(20-21)12-4-2-3-5-13(12)18/h2-9H,19H2,1H3. The Labute approximate surface area is 140 Å². The Balaban J connectivity index is 2.26. The average molecular weight is 407 g/mol. The van der Waals surface area contributed by atoms with E-state index >= 15 is 0 Å². The summed E-state index contributed by atoms with van der Waals surface area (Å²) in [6.07, 6.45) is 0. The zero-order valence-electron chi connectivity index (χ0n) is 11.3. The van der Waals surface area contributed by atoms with Crippen molar-refractivity contribution in [1.82, 2.24) is 9.78 Å². The van der Waals surface area contributed by atoms with Gasteiger partial charge in [0, 0.05) is 21.6 Å². The molecule has 0 amide bonds. The molecule has 2 N–H and O–H groups in total. The fraction of sp³-hybridized carbons (Fsp3) is 0.0625. The van der Waals surface area contributed by atoms with E-state index in [4.69, 9.17) is 5.73 Å². The number of nitrogens with two attached hydrogens (primary N) is 1. The molecule has 0 radical (unpaired) electrons. The quantitative estimate of drug-likeness (QED) is 0.660. The van der Waals surface area contributed by atoms with Crippen LogP contribution in [0.15, 0.2) is 57.5 Å². The van der Waals surface area contributed by atoms with Crippen molar-refractivity contribution in [2.75, 3.05) is 5.73 Å². The first-order valence-corrected chi connectivity index (χ1v) is 8.00. The van der Waals surface area contributed by atoms with Crippen molar-refractivity contribution in [2.45, 2.75) is 0 Å². The second-order valence-corrected chi connectivity index (χ2v) is 6.49. The Hall–Kier alpha value is -1.59. The molecule has 0 atom stereocenters. The smallest absolute Gasteiger partial charge is 0.129 e. The number of hydrogen-bond acceptors (Lipinski definition) is 2. The third kappa shape index (κ3) is 2.63. The van der Waals surface area contributed by atoms with E-state index in [1.54, 1.807) is 4.68 Å². The summed E-state index contributed by atoms with van der Waals surface area (Å²) in [5.74, 6) is 0.656. The van der Waals surface area contributed by atoms with Gasteiger partial charge in [0.2, 0.25) is 0 Å². The molecule has 1 heterocycles. The highest BCUT2D eigenvalue weighted by Crippen LogP contribution is 2.38. The van der Waals surface area contributed by atoms with Crippen LogP contribution in [0.1, 0.15) is 0 Å². The zero-order valence-corrected chi connectivity index (χ0v) is 14.5. The van der Waals surface area contributed by atoms with Gasteiger partial charge in [0.25, 0.3) is 0 Å². The second-order valence-electron chi connectivity index (χ2n) is 4.72. The van der Waals surface area contributed by atoms with E-state index in [2.05, 4.69) is 37.0 Å². The number of benzene rings is 2. The molecule has 0 fully saturated rings. The molecule has 0 unspecified atom stereocenters. The molecule has 2 aromatic carbocycles. The van der Waals surface area contributed by atoms with E-state index in [1.807, 2.05) is 55.6 Å². The number of halogens is 2. The topological polar surface area (TPSA) is 43.8 Å². The van der Waals surface area contributed by atoms with Gasteiger partial charge >= 0.3 is 0 Å². The van der Waals surface area contributed by atoms with Gasteiger partial charge in [0.05, 0.1) is 5.56 Å². The minimum absolute atomic E-state index is 0.656. The first-order chi connectivity index (χ1) is 10.1. The van der Waals surface area contributed by atoms with E-state index in [1.165, 1.54) is 0 Å². The summed E-state index contributed by atoms with van der Waals surface area (Å²) < 4.78 is 3.75. The first kappa shape index (κ1) is 14.4. The largest absolute Gasteiger partial charge is 0.383 e. The van der Waals surface area contributed by atoms with Crippen molar-refractivity contribution in [1.29, 1.82) is 0 Å². The Morgan fingerprint density at radius 1 is 1.00 bits per heavy atom. The summed E-state index contributed by atoms with van der Waals surface area (Å²) in [7, 11) is 1.86. The first-order valence-electron chi connectivity index (χ1n) is 6.41.